The summed E-state index contributed by atoms with van der Waals surface area (Å²) in [7, 11) is 0. The van der Waals surface area contributed by atoms with Gasteiger partial charge in [-0.25, -0.2) is 4.98 Å². The minimum absolute atomic E-state index is 0.0372. The zero-order valence-electron chi connectivity index (χ0n) is 20.6. The van der Waals surface area contributed by atoms with Crippen LogP contribution in [0.5, 0.6) is 5.75 Å². The third-order valence-electron chi connectivity index (χ3n) is 6.74. The molecule has 4 heteroatoms. The summed E-state index contributed by atoms with van der Waals surface area (Å²) >= 11 is 0. The molecule has 0 amide bonds. The Kier molecular flexibility index (Phi) is 5.11. The highest BCUT2D eigenvalue weighted by Gasteiger charge is 2.19. The Balaban J connectivity index is 1.66. The molecule has 6 rings (SSSR count). The van der Waals surface area contributed by atoms with E-state index >= 15 is 0 Å². The van der Waals surface area contributed by atoms with Gasteiger partial charge in [-0.15, -0.1) is 0 Å². The van der Waals surface area contributed by atoms with Crippen LogP contribution in [-0.4, -0.2) is 19.6 Å². The van der Waals surface area contributed by atoms with E-state index in [1.165, 1.54) is 10.9 Å². The minimum Gasteiger partial charge on any atom is -0.507 e. The van der Waals surface area contributed by atoms with Crippen LogP contribution in [0, 0.1) is 0 Å². The maximum absolute atomic E-state index is 10.5. The van der Waals surface area contributed by atoms with Gasteiger partial charge in [0.05, 0.1) is 22.4 Å². The van der Waals surface area contributed by atoms with E-state index in [4.69, 9.17) is 4.98 Å². The van der Waals surface area contributed by atoms with Crippen LogP contribution in [0.15, 0.2) is 103 Å². The quantitative estimate of drug-likeness (QED) is 0.286. The molecule has 0 bridgehead atoms. The lowest BCUT2D eigenvalue weighted by molar-refractivity contribution is 0.477. The van der Waals surface area contributed by atoms with E-state index in [1.54, 1.807) is 12.3 Å². The number of hydrogen-bond donors (Lipinski definition) is 1. The molecule has 0 fully saturated rings. The molecular weight excluding hydrogens is 442 g/mol. The van der Waals surface area contributed by atoms with Crippen molar-refractivity contribution in [3.05, 3.63) is 109 Å². The van der Waals surface area contributed by atoms with Crippen LogP contribution in [0.3, 0.4) is 0 Å². The number of rotatable bonds is 3. The molecule has 4 nitrogen and oxygen atoms in total. The van der Waals surface area contributed by atoms with Gasteiger partial charge < -0.3 is 5.11 Å². The summed E-state index contributed by atoms with van der Waals surface area (Å²) in [5.74, 6) is 1.10. The van der Waals surface area contributed by atoms with E-state index in [0.717, 1.165) is 44.8 Å². The Hall–Kier alpha value is -4.44. The molecule has 0 saturated heterocycles. The fourth-order valence-corrected chi connectivity index (χ4v) is 4.82. The molecule has 0 aliphatic heterocycles. The smallest absolute Gasteiger partial charge is 0.138 e. The van der Waals surface area contributed by atoms with Gasteiger partial charge in [0.1, 0.15) is 11.6 Å². The SMILES string of the molecule is CC(C)(C)c1ccc2c(c1)c1ccc(-c3ccccc3O)cc1n2-c1cccc(-c2ccccn2)n1. The third-order valence-corrected chi connectivity index (χ3v) is 6.74. The van der Waals surface area contributed by atoms with E-state index in [0.29, 0.717) is 0 Å². The van der Waals surface area contributed by atoms with Crippen LogP contribution >= 0.6 is 0 Å². The number of hydrogen-bond acceptors (Lipinski definition) is 3. The number of benzene rings is 3. The highest BCUT2D eigenvalue weighted by atomic mass is 16.3. The summed E-state index contributed by atoms with van der Waals surface area (Å²) in [4.78, 5) is 9.53. The van der Waals surface area contributed by atoms with Crippen molar-refractivity contribution < 1.29 is 5.11 Å². The van der Waals surface area contributed by atoms with Gasteiger partial charge in [0.2, 0.25) is 0 Å². The minimum atomic E-state index is 0.0372. The molecule has 0 aliphatic rings. The van der Waals surface area contributed by atoms with Crippen molar-refractivity contribution in [2.75, 3.05) is 0 Å². The molecule has 0 aliphatic carbocycles. The lowest BCUT2D eigenvalue weighted by Gasteiger charge is -2.19. The lowest BCUT2D eigenvalue weighted by atomic mass is 9.86. The van der Waals surface area contributed by atoms with Gasteiger partial charge in [0, 0.05) is 22.5 Å². The lowest BCUT2D eigenvalue weighted by Crippen LogP contribution is -2.10. The molecule has 0 atom stereocenters. The van der Waals surface area contributed by atoms with E-state index in [9.17, 15) is 5.11 Å². The van der Waals surface area contributed by atoms with Crippen LogP contribution in [0.2, 0.25) is 0 Å². The summed E-state index contributed by atoms with van der Waals surface area (Å²) in [5, 5.41) is 12.9. The summed E-state index contributed by atoms with van der Waals surface area (Å²) < 4.78 is 2.22. The largest absolute Gasteiger partial charge is 0.507 e. The normalized spacial score (nSPS) is 11.9. The zero-order chi connectivity index (χ0) is 24.9. The molecule has 36 heavy (non-hydrogen) atoms. The molecule has 1 N–H and O–H groups in total. The second-order valence-electron chi connectivity index (χ2n) is 10.2. The Bertz CT molecular complexity index is 1730. The highest BCUT2D eigenvalue weighted by Crippen LogP contribution is 2.38. The molecule has 0 radical (unpaired) electrons. The molecular formula is C32H27N3O. The molecule has 0 saturated carbocycles. The van der Waals surface area contributed by atoms with Crippen molar-refractivity contribution in [2.45, 2.75) is 26.2 Å². The maximum atomic E-state index is 10.5. The summed E-state index contributed by atoms with van der Waals surface area (Å²) in [5.41, 5.74) is 6.89. The van der Waals surface area contributed by atoms with Crippen LogP contribution in [0.4, 0.5) is 0 Å². The number of para-hydroxylation sites is 1. The molecule has 0 unspecified atom stereocenters. The topological polar surface area (TPSA) is 50.9 Å². The Morgan fingerprint density at radius 1 is 0.694 bits per heavy atom. The van der Waals surface area contributed by atoms with E-state index in [-0.39, 0.29) is 11.2 Å². The third kappa shape index (κ3) is 3.72. The fraction of sp³-hybridized carbons (Fsp3) is 0.125. The molecule has 3 aromatic heterocycles. The first-order chi connectivity index (χ1) is 17.4. The average Bonchev–Trinajstić information content (AvgIpc) is 3.22. The fourth-order valence-electron chi connectivity index (χ4n) is 4.82. The molecule has 3 aromatic carbocycles. The number of nitrogens with zero attached hydrogens (tertiary/aromatic N) is 3. The van der Waals surface area contributed by atoms with Crippen molar-refractivity contribution in [2.24, 2.45) is 0 Å². The summed E-state index contributed by atoms with van der Waals surface area (Å²) in [6.07, 6.45) is 1.79. The van der Waals surface area contributed by atoms with Crippen molar-refractivity contribution in [3.63, 3.8) is 0 Å². The van der Waals surface area contributed by atoms with E-state index in [1.807, 2.05) is 54.6 Å². The van der Waals surface area contributed by atoms with Crippen molar-refractivity contribution in [1.29, 1.82) is 0 Å². The standard InChI is InChI=1S/C32H27N3O/c1-32(2,3)22-15-17-28-25(20-22)24-16-14-21(23-9-4-5-12-30(23)36)19-29(24)35(28)31-13-8-11-27(34-31)26-10-6-7-18-33-26/h4-20,36H,1-3H3. The number of aromatic hydroxyl groups is 1. The van der Waals surface area contributed by atoms with Gasteiger partial charge >= 0.3 is 0 Å². The second-order valence-corrected chi connectivity index (χ2v) is 10.2. The van der Waals surface area contributed by atoms with Gasteiger partial charge in [0.15, 0.2) is 0 Å². The van der Waals surface area contributed by atoms with Crippen LogP contribution in [-0.2, 0) is 5.41 Å². The first-order valence-electron chi connectivity index (χ1n) is 12.2. The zero-order valence-corrected chi connectivity index (χ0v) is 20.6. The van der Waals surface area contributed by atoms with Gasteiger partial charge in [0.25, 0.3) is 0 Å². The van der Waals surface area contributed by atoms with Gasteiger partial charge in [-0.3, -0.25) is 9.55 Å². The van der Waals surface area contributed by atoms with Crippen molar-refractivity contribution >= 4 is 21.8 Å². The predicted octanol–water partition coefficient (Wildman–Crippen LogP) is 7.91. The predicted molar refractivity (Wildman–Crippen MR) is 148 cm³/mol. The Morgan fingerprint density at radius 2 is 1.50 bits per heavy atom. The van der Waals surface area contributed by atoms with Crippen molar-refractivity contribution in [1.82, 2.24) is 14.5 Å². The van der Waals surface area contributed by atoms with Gasteiger partial charge in [-0.1, -0.05) is 69.3 Å². The molecule has 0 spiro atoms. The second kappa shape index (κ2) is 8.35. The van der Waals surface area contributed by atoms with Crippen LogP contribution in [0.25, 0.3) is 50.1 Å². The Morgan fingerprint density at radius 3 is 2.28 bits per heavy atom. The van der Waals surface area contributed by atoms with E-state index < -0.39 is 0 Å². The van der Waals surface area contributed by atoms with E-state index in [2.05, 4.69) is 66.7 Å². The Labute approximate surface area is 210 Å². The number of phenolic OH excluding ortho intramolecular Hbond substituents is 1. The maximum Gasteiger partial charge on any atom is 0.138 e. The first kappa shape index (κ1) is 22.1. The summed E-state index contributed by atoms with van der Waals surface area (Å²) in [6, 6.07) is 32.5. The average molecular weight is 470 g/mol. The number of fused-ring (bicyclic) bond motifs is 3. The van der Waals surface area contributed by atoms with Crippen LogP contribution < -0.4 is 0 Å². The molecule has 3 heterocycles. The summed E-state index contributed by atoms with van der Waals surface area (Å²) in [6.45, 7) is 6.71. The number of aromatic nitrogens is 3. The monoisotopic (exact) mass is 469 g/mol. The van der Waals surface area contributed by atoms with Crippen LogP contribution in [0.1, 0.15) is 26.3 Å². The number of pyridine rings is 2. The molecule has 176 valence electrons. The molecule has 6 aromatic rings. The van der Waals surface area contributed by atoms with Gasteiger partial charge in [-0.2, -0.15) is 0 Å². The first-order valence-corrected chi connectivity index (χ1v) is 12.2. The van der Waals surface area contributed by atoms with Crippen molar-refractivity contribution in [3.8, 4) is 34.1 Å². The van der Waals surface area contributed by atoms with Gasteiger partial charge in [-0.05, 0) is 65.1 Å². The highest BCUT2D eigenvalue weighted by molar-refractivity contribution is 6.10. The number of phenols is 1.